The first-order chi connectivity index (χ1) is 8.24. The Balaban J connectivity index is 1.52. The molecule has 90 valence electrons. The molecule has 3 saturated carbocycles. The van der Waals surface area contributed by atoms with Gasteiger partial charge in [0.15, 0.2) is 0 Å². The topological polar surface area (TPSA) is 50.9 Å². The molecule has 4 atom stereocenters. The molecule has 1 aromatic rings. The van der Waals surface area contributed by atoms with E-state index in [1.54, 1.807) is 0 Å². The van der Waals surface area contributed by atoms with Crippen LogP contribution in [0.25, 0.3) is 0 Å². The molecule has 1 aromatic heterocycles. The number of halogens is 1. The number of pyridine rings is 1. The fraction of sp³-hybridized carbons (Fsp3) is 0.615. The number of nitrogen functional groups attached to an aromatic ring is 1. The molecule has 3 nitrogen and oxygen atoms in total. The van der Waals surface area contributed by atoms with Crippen molar-refractivity contribution in [2.24, 2.45) is 23.7 Å². The Morgan fingerprint density at radius 3 is 2.65 bits per heavy atom. The van der Waals surface area contributed by atoms with Crippen LogP contribution in [0.2, 0.25) is 0 Å². The van der Waals surface area contributed by atoms with Crippen molar-refractivity contribution in [2.45, 2.75) is 25.3 Å². The smallest absolute Gasteiger partial charge is 0.149 e. The van der Waals surface area contributed by atoms with Gasteiger partial charge in [-0.05, 0) is 64.9 Å². The van der Waals surface area contributed by atoms with Crippen LogP contribution in [0.1, 0.15) is 19.3 Å². The van der Waals surface area contributed by atoms with Gasteiger partial charge < -0.3 is 11.1 Å². The summed E-state index contributed by atoms with van der Waals surface area (Å²) < 4.78 is 0.941. The van der Waals surface area contributed by atoms with Crippen molar-refractivity contribution in [1.29, 1.82) is 0 Å². The molecule has 4 heteroatoms. The van der Waals surface area contributed by atoms with Crippen LogP contribution in [0, 0.1) is 23.7 Å². The first-order valence-electron chi connectivity index (χ1n) is 6.41. The van der Waals surface area contributed by atoms with Gasteiger partial charge >= 0.3 is 0 Å². The zero-order valence-corrected chi connectivity index (χ0v) is 11.2. The van der Waals surface area contributed by atoms with Crippen LogP contribution in [-0.4, -0.2) is 11.0 Å². The third kappa shape index (κ3) is 1.43. The highest BCUT2D eigenvalue weighted by Gasteiger charge is 2.65. The molecule has 4 rings (SSSR count). The second-order valence-electron chi connectivity index (χ2n) is 5.75. The summed E-state index contributed by atoms with van der Waals surface area (Å²) in [4.78, 5) is 4.37. The minimum Gasteiger partial charge on any atom is -0.396 e. The van der Waals surface area contributed by atoms with E-state index in [0.29, 0.717) is 6.04 Å². The maximum atomic E-state index is 5.98. The summed E-state index contributed by atoms with van der Waals surface area (Å²) in [5.41, 5.74) is 6.72. The highest BCUT2D eigenvalue weighted by atomic mass is 79.9. The predicted molar refractivity (Wildman–Crippen MR) is 71.6 cm³/mol. The van der Waals surface area contributed by atoms with E-state index < -0.39 is 0 Å². The summed E-state index contributed by atoms with van der Waals surface area (Å²) in [7, 11) is 0. The van der Waals surface area contributed by atoms with Gasteiger partial charge in [-0.25, -0.2) is 4.98 Å². The molecule has 3 aliphatic rings. The van der Waals surface area contributed by atoms with E-state index in [-0.39, 0.29) is 0 Å². The molecule has 1 heterocycles. The largest absolute Gasteiger partial charge is 0.396 e. The van der Waals surface area contributed by atoms with Crippen molar-refractivity contribution >= 4 is 27.4 Å². The molecule has 3 N–H and O–H groups in total. The van der Waals surface area contributed by atoms with E-state index in [9.17, 15) is 0 Å². The number of fused-ring (bicyclic) bond motifs is 5. The van der Waals surface area contributed by atoms with Gasteiger partial charge in [0.2, 0.25) is 0 Å². The quantitative estimate of drug-likeness (QED) is 0.882. The highest BCUT2D eigenvalue weighted by molar-refractivity contribution is 9.10. The van der Waals surface area contributed by atoms with Gasteiger partial charge in [-0.1, -0.05) is 0 Å². The van der Waals surface area contributed by atoms with Gasteiger partial charge in [0.05, 0.1) is 5.69 Å². The summed E-state index contributed by atoms with van der Waals surface area (Å²) in [6.07, 6.45) is 6.20. The Hall–Kier alpha value is -0.770. The second-order valence-corrected chi connectivity index (χ2v) is 6.67. The van der Waals surface area contributed by atoms with Gasteiger partial charge in [0, 0.05) is 16.7 Å². The standard InChI is InChI=1S/C13H16BrN3/c14-8-4-9(15)13(16-5-8)17-12-10-6-1-2-7(3-6)11(10)12/h4-7,10-12H,1-3,15H2,(H,16,17). The van der Waals surface area contributed by atoms with Crippen LogP contribution < -0.4 is 11.1 Å². The lowest BCUT2D eigenvalue weighted by molar-refractivity contribution is 0.456. The van der Waals surface area contributed by atoms with Crippen LogP contribution in [0.4, 0.5) is 11.5 Å². The SMILES string of the molecule is Nc1cc(Br)cnc1NC1C2C3CCC(C3)C12. The molecule has 0 aliphatic heterocycles. The van der Waals surface area contributed by atoms with Crippen LogP contribution in [0.5, 0.6) is 0 Å². The number of rotatable bonds is 2. The molecule has 0 saturated heterocycles. The molecule has 0 radical (unpaired) electrons. The molecular formula is C13H16BrN3. The Bertz CT molecular complexity index is 460. The summed E-state index contributed by atoms with van der Waals surface area (Å²) in [5.74, 6) is 4.67. The van der Waals surface area contributed by atoms with E-state index in [2.05, 4.69) is 26.2 Å². The summed E-state index contributed by atoms with van der Waals surface area (Å²) in [5, 5.41) is 3.56. The Labute approximate surface area is 109 Å². The van der Waals surface area contributed by atoms with Crippen molar-refractivity contribution in [2.75, 3.05) is 11.1 Å². The number of hydrogen-bond donors (Lipinski definition) is 2. The Kier molecular flexibility index (Phi) is 2.02. The van der Waals surface area contributed by atoms with E-state index in [1.807, 2.05) is 12.3 Å². The molecule has 17 heavy (non-hydrogen) atoms. The molecule has 4 unspecified atom stereocenters. The van der Waals surface area contributed by atoms with Crippen molar-refractivity contribution in [3.05, 3.63) is 16.7 Å². The lowest BCUT2D eigenvalue weighted by Crippen LogP contribution is -2.14. The minimum absolute atomic E-state index is 0.650. The van der Waals surface area contributed by atoms with E-state index in [0.717, 1.165) is 39.6 Å². The van der Waals surface area contributed by atoms with Crippen LogP contribution in [-0.2, 0) is 0 Å². The lowest BCUT2D eigenvalue weighted by Gasteiger charge is -2.12. The second kappa shape index (κ2) is 3.37. The third-order valence-corrected chi connectivity index (χ3v) is 5.36. The monoisotopic (exact) mass is 293 g/mol. The lowest BCUT2D eigenvalue weighted by atomic mass is 10.0. The average molecular weight is 294 g/mol. The van der Waals surface area contributed by atoms with E-state index in [4.69, 9.17) is 5.73 Å². The number of aromatic nitrogens is 1. The van der Waals surface area contributed by atoms with Gasteiger partial charge in [0.1, 0.15) is 5.82 Å². The highest BCUT2D eigenvalue weighted by Crippen LogP contribution is 2.66. The fourth-order valence-electron chi connectivity index (χ4n) is 4.25. The number of anilines is 2. The maximum absolute atomic E-state index is 5.98. The van der Waals surface area contributed by atoms with Crippen molar-refractivity contribution < 1.29 is 0 Å². The Morgan fingerprint density at radius 1 is 1.29 bits per heavy atom. The summed E-state index contributed by atoms with van der Waals surface area (Å²) in [6, 6.07) is 2.57. The number of nitrogens with zero attached hydrogens (tertiary/aromatic N) is 1. The zero-order valence-electron chi connectivity index (χ0n) is 9.57. The average Bonchev–Trinajstić information content (AvgIpc) is 2.70. The van der Waals surface area contributed by atoms with Crippen LogP contribution in [0.15, 0.2) is 16.7 Å². The van der Waals surface area contributed by atoms with Crippen molar-refractivity contribution in [1.82, 2.24) is 4.98 Å². The molecule has 0 amide bonds. The van der Waals surface area contributed by atoms with Crippen LogP contribution >= 0.6 is 15.9 Å². The molecule has 2 bridgehead atoms. The van der Waals surface area contributed by atoms with Crippen LogP contribution in [0.3, 0.4) is 0 Å². The fourth-order valence-corrected chi connectivity index (χ4v) is 4.60. The maximum Gasteiger partial charge on any atom is 0.149 e. The van der Waals surface area contributed by atoms with Gasteiger partial charge in [-0.15, -0.1) is 0 Å². The van der Waals surface area contributed by atoms with Gasteiger partial charge in [-0.3, -0.25) is 0 Å². The first kappa shape index (κ1) is 10.2. The first-order valence-corrected chi connectivity index (χ1v) is 7.21. The van der Waals surface area contributed by atoms with Crippen molar-refractivity contribution in [3.8, 4) is 0 Å². The van der Waals surface area contributed by atoms with E-state index >= 15 is 0 Å². The number of nitrogens with two attached hydrogens (primary N) is 1. The third-order valence-electron chi connectivity index (χ3n) is 4.92. The number of nitrogens with one attached hydrogen (secondary N) is 1. The molecule has 3 fully saturated rings. The zero-order chi connectivity index (χ0) is 11.6. The normalized spacial score (nSPS) is 41.4. The predicted octanol–water partition coefficient (Wildman–Crippen LogP) is 2.88. The summed E-state index contributed by atoms with van der Waals surface area (Å²) in [6.45, 7) is 0. The molecule has 3 aliphatic carbocycles. The molecule has 0 spiro atoms. The van der Waals surface area contributed by atoms with E-state index in [1.165, 1.54) is 19.3 Å². The Morgan fingerprint density at radius 2 is 2.00 bits per heavy atom. The number of hydrogen-bond acceptors (Lipinski definition) is 3. The molecular weight excluding hydrogens is 278 g/mol. The molecule has 0 aromatic carbocycles. The summed E-state index contributed by atoms with van der Waals surface area (Å²) >= 11 is 3.39. The van der Waals surface area contributed by atoms with Crippen molar-refractivity contribution in [3.63, 3.8) is 0 Å². The van der Waals surface area contributed by atoms with Gasteiger partial charge in [-0.2, -0.15) is 0 Å². The van der Waals surface area contributed by atoms with Gasteiger partial charge in [0.25, 0.3) is 0 Å². The minimum atomic E-state index is 0.650.